The molecule has 1 aliphatic rings. The van der Waals surface area contributed by atoms with Gasteiger partial charge in [-0.3, -0.25) is 14.5 Å². The minimum Gasteiger partial charge on any atom is -0.496 e. The number of hydrogen-bond donors (Lipinski definition) is 1. The monoisotopic (exact) mass is 723 g/mol. The van der Waals surface area contributed by atoms with Crippen molar-refractivity contribution in [2.75, 3.05) is 41.5 Å². The van der Waals surface area contributed by atoms with Crippen LogP contribution >= 0.6 is 11.6 Å². The summed E-state index contributed by atoms with van der Waals surface area (Å²) in [6, 6.07) is 13.9. The second-order valence-corrected chi connectivity index (χ2v) is 13.5. The highest BCUT2D eigenvalue weighted by Crippen LogP contribution is 2.36. The lowest BCUT2D eigenvalue weighted by Crippen LogP contribution is -2.48. The lowest BCUT2D eigenvalue weighted by atomic mass is 9.96. The summed E-state index contributed by atoms with van der Waals surface area (Å²) >= 11 is 6.34. The molecule has 3 aromatic carbocycles. The third kappa shape index (κ3) is 9.63. The number of hydrogen-bond acceptors (Lipinski definition) is 9. The van der Waals surface area contributed by atoms with Crippen molar-refractivity contribution < 1.29 is 42.9 Å². The Morgan fingerprint density at radius 3 is 2.18 bits per heavy atom. The molecule has 13 heteroatoms. The SMILES string of the molecule is CC[C@@H](NC(=O)N1CC(=O)N(Cc2c(OC)cc(OC)cc2OC)C[C@H](Cc2cc(Cl)ccc2OC)C1=O)c1cccc(C(=O)OC(C)(C)C)c1. The summed E-state index contributed by atoms with van der Waals surface area (Å²) in [6.07, 6.45) is 0.563. The normalized spacial score (nSPS) is 15.5. The van der Waals surface area contributed by atoms with Crippen LogP contribution < -0.4 is 24.3 Å². The zero-order chi connectivity index (χ0) is 37.5. The van der Waals surface area contributed by atoms with Gasteiger partial charge in [0, 0.05) is 23.7 Å². The Balaban J connectivity index is 1.69. The van der Waals surface area contributed by atoms with Gasteiger partial charge in [0.25, 0.3) is 0 Å². The molecule has 1 saturated heterocycles. The van der Waals surface area contributed by atoms with Crippen LogP contribution in [-0.2, 0) is 27.3 Å². The first kappa shape index (κ1) is 38.8. The smallest absolute Gasteiger partial charge is 0.338 e. The summed E-state index contributed by atoms with van der Waals surface area (Å²) in [5, 5.41) is 3.37. The molecular weight excluding hydrogens is 678 g/mol. The Hall–Kier alpha value is -4.97. The van der Waals surface area contributed by atoms with E-state index in [-0.39, 0.29) is 19.5 Å². The summed E-state index contributed by atoms with van der Waals surface area (Å²) in [5.41, 5.74) is 1.49. The Kier molecular flexibility index (Phi) is 12.8. The Morgan fingerprint density at radius 1 is 0.922 bits per heavy atom. The maximum atomic E-state index is 14.3. The highest BCUT2D eigenvalue weighted by Gasteiger charge is 2.39. The molecule has 4 amide bonds. The third-order valence-electron chi connectivity index (χ3n) is 8.45. The van der Waals surface area contributed by atoms with E-state index in [1.54, 1.807) is 75.4 Å². The quantitative estimate of drug-likeness (QED) is 0.216. The fourth-order valence-corrected chi connectivity index (χ4v) is 6.11. The molecule has 0 aromatic heterocycles. The van der Waals surface area contributed by atoms with Crippen LogP contribution in [0.25, 0.3) is 0 Å². The van der Waals surface area contributed by atoms with Gasteiger partial charge < -0.3 is 33.9 Å². The number of nitrogens with one attached hydrogen (secondary N) is 1. The predicted molar refractivity (Wildman–Crippen MR) is 192 cm³/mol. The highest BCUT2D eigenvalue weighted by molar-refractivity contribution is 6.30. The van der Waals surface area contributed by atoms with Gasteiger partial charge in [0.05, 0.1) is 58.1 Å². The van der Waals surface area contributed by atoms with Crippen molar-refractivity contribution in [2.24, 2.45) is 5.92 Å². The standard InChI is InChI=1S/C38H46ClN3O9/c1-9-30(23-11-10-12-24(15-23)36(45)51-38(2,3)4)40-37(46)42-22-34(43)41(21-29-32(49-7)18-28(47-5)19-33(29)50-8)20-26(35(42)44)16-25-17-27(39)13-14-31(25)48-6/h10-15,17-19,26,30H,9,16,20-22H2,1-8H3,(H,40,46)/t26-,30+/m0/s1. The van der Waals surface area contributed by atoms with E-state index in [0.29, 0.717) is 56.7 Å². The van der Waals surface area contributed by atoms with Gasteiger partial charge in [-0.1, -0.05) is 30.7 Å². The van der Waals surface area contributed by atoms with Crippen LogP contribution in [-0.4, -0.2) is 80.7 Å². The predicted octanol–water partition coefficient (Wildman–Crippen LogP) is 6.22. The van der Waals surface area contributed by atoms with Crippen molar-refractivity contribution in [1.29, 1.82) is 0 Å². The number of nitrogens with zero attached hydrogens (tertiary/aromatic N) is 2. The molecule has 0 saturated carbocycles. The summed E-state index contributed by atoms with van der Waals surface area (Å²) in [4.78, 5) is 57.6. The number of urea groups is 1. The summed E-state index contributed by atoms with van der Waals surface area (Å²) in [5.74, 6) is -0.493. The van der Waals surface area contributed by atoms with Gasteiger partial charge in [-0.2, -0.15) is 0 Å². The first-order valence-electron chi connectivity index (χ1n) is 16.6. The molecule has 0 unspecified atom stereocenters. The molecule has 1 fully saturated rings. The molecule has 0 radical (unpaired) electrons. The number of ether oxygens (including phenoxy) is 5. The largest absolute Gasteiger partial charge is 0.496 e. The maximum Gasteiger partial charge on any atom is 0.338 e. The van der Waals surface area contributed by atoms with E-state index in [9.17, 15) is 19.2 Å². The number of esters is 1. The van der Waals surface area contributed by atoms with Crippen molar-refractivity contribution in [1.82, 2.24) is 15.1 Å². The van der Waals surface area contributed by atoms with E-state index in [1.165, 1.54) is 33.3 Å². The van der Waals surface area contributed by atoms with Crippen LogP contribution in [0, 0.1) is 5.92 Å². The van der Waals surface area contributed by atoms with Crippen molar-refractivity contribution in [3.8, 4) is 23.0 Å². The molecule has 2 atom stereocenters. The molecule has 3 aromatic rings. The number of methoxy groups -OCH3 is 4. The zero-order valence-corrected chi connectivity index (χ0v) is 31.1. The van der Waals surface area contributed by atoms with E-state index in [0.717, 1.165) is 4.90 Å². The summed E-state index contributed by atoms with van der Waals surface area (Å²) < 4.78 is 27.7. The van der Waals surface area contributed by atoms with E-state index in [2.05, 4.69) is 5.32 Å². The van der Waals surface area contributed by atoms with Gasteiger partial charge in [0.15, 0.2) is 0 Å². The number of imide groups is 1. The van der Waals surface area contributed by atoms with E-state index in [4.69, 9.17) is 35.3 Å². The molecule has 0 aliphatic carbocycles. The van der Waals surface area contributed by atoms with Crippen LogP contribution in [0.2, 0.25) is 5.02 Å². The maximum absolute atomic E-state index is 14.3. The molecule has 51 heavy (non-hydrogen) atoms. The van der Waals surface area contributed by atoms with Crippen molar-refractivity contribution in [2.45, 2.75) is 58.7 Å². The van der Waals surface area contributed by atoms with E-state index in [1.807, 2.05) is 6.92 Å². The fraction of sp³-hybridized carbons (Fsp3) is 0.421. The average Bonchev–Trinajstić information content (AvgIpc) is 3.21. The van der Waals surface area contributed by atoms with E-state index < -0.39 is 47.9 Å². The van der Waals surface area contributed by atoms with Gasteiger partial charge in [0.2, 0.25) is 11.8 Å². The average molecular weight is 724 g/mol. The molecule has 0 bridgehead atoms. The van der Waals surface area contributed by atoms with Crippen molar-refractivity contribution >= 4 is 35.4 Å². The molecular formula is C38H46ClN3O9. The minimum absolute atomic E-state index is 0.0232. The van der Waals surface area contributed by atoms with Crippen LogP contribution in [0.5, 0.6) is 23.0 Å². The lowest BCUT2D eigenvalue weighted by molar-refractivity contribution is -0.135. The first-order valence-corrected chi connectivity index (χ1v) is 16.9. The third-order valence-corrected chi connectivity index (χ3v) is 8.69. The van der Waals surface area contributed by atoms with Crippen molar-refractivity contribution in [3.05, 3.63) is 81.9 Å². The van der Waals surface area contributed by atoms with Crippen LogP contribution in [0.15, 0.2) is 54.6 Å². The number of benzene rings is 3. The van der Waals surface area contributed by atoms with Gasteiger partial charge in [-0.05, 0) is 75.1 Å². The number of amides is 4. The number of halogens is 1. The molecule has 274 valence electrons. The van der Waals surface area contributed by atoms with Gasteiger partial charge in [-0.15, -0.1) is 0 Å². The highest BCUT2D eigenvalue weighted by atomic mass is 35.5. The molecule has 1 N–H and O–H groups in total. The fourth-order valence-electron chi connectivity index (χ4n) is 5.92. The first-order chi connectivity index (χ1) is 24.2. The summed E-state index contributed by atoms with van der Waals surface area (Å²) in [7, 11) is 6.04. The Morgan fingerprint density at radius 2 is 1.59 bits per heavy atom. The number of rotatable bonds is 12. The zero-order valence-electron chi connectivity index (χ0n) is 30.3. The van der Waals surface area contributed by atoms with E-state index >= 15 is 0 Å². The lowest BCUT2D eigenvalue weighted by Gasteiger charge is -2.26. The number of carbonyl (C=O) groups excluding carboxylic acids is 4. The number of carbonyl (C=O) groups is 4. The van der Waals surface area contributed by atoms with Gasteiger partial charge in [-0.25, -0.2) is 9.59 Å². The molecule has 1 heterocycles. The Labute approximate surface area is 303 Å². The van der Waals surface area contributed by atoms with Gasteiger partial charge in [0.1, 0.15) is 35.1 Å². The van der Waals surface area contributed by atoms with Gasteiger partial charge >= 0.3 is 12.0 Å². The van der Waals surface area contributed by atoms with Crippen LogP contribution in [0.1, 0.15) is 67.2 Å². The second kappa shape index (κ2) is 16.8. The topological polar surface area (TPSA) is 133 Å². The molecule has 4 rings (SSSR count). The summed E-state index contributed by atoms with van der Waals surface area (Å²) in [6.45, 7) is 6.70. The molecule has 12 nitrogen and oxygen atoms in total. The Bertz CT molecular complexity index is 1730. The molecule has 1 aliphatic heterocycles. The van der Waals surface area contributed by atoms with Crippen molar-refractivity contribution in [3.63, 3.8) is 0 Å². The minimum atomic E-state index is -0.861. The second-order valence-electron chi connectivity index (χ2n) is 13.1. The van der Waals surface area contributed by atoms with Crippen LogP contribution in [0.3, 0.4) is 0 Å². The van der Waals surface area contributed by atoms with Crippen LogP contribution in [0.4, 0.5) is 4.79 Å². The molecule has 0 spiro atoms.